The first-order chi connectivity index (χ1) is 10.2. The number of carbonyl (C=O) groups is 1. The summed E-state index contributed by atoms with van der Waals surface area (Å²) in [5.74, 6) is -0.307. The van der Waals surface area contributed by atoms with Crippen LogP contribution in [0.4, 0.5) is 0 Å². The maximum atomic E-state index is 11.4. The molecule has 21 heavy (non-hydrogen) atoms. The number of nitrogens with one attached hydrogen (secondary N) is 1. The normalized spacial score (nSPS) is 12.2. The molecule has 1 aromatic carbocycles. The van der Waals surface area contributed by atoms with Crippen molar-refractivity contribution < 1.29 is 4.79 Å². The quantitative estimate of drug-likeness (QED) is 0.777. The molecule has 1 unspecified atom stereocenters. The number of aromatic nitrogens is 2. The van der Waals surface area contributed by atoms with Gasteiger partial charge in [0.05, 0.1) is 12.2 Å². The first-order valence-corrected chi connectivity index (χ1v) is 7.31. The lowest BCUT2D eigenvalue weighted by atomic mass is 10.1. The van der Waals surface area contributed by atoms with Gasteiger partial charge in [0.25, 0.3) is 0 Å². The fourth-order valence-corrected chi connectivity index (χ4v) is 2.19. The molecule has 3 N–H and O–H groups in total. The zero-order chi connectivity index (χ0) is 15.1. The highest BCUT2D eigenvalue weighted by atomic mass is 16.1. The van der Waals surface area contributed by atoms with E-state index in [4.69, 9.17) is 5.73 Å². The monoisotopic (exact) mass is 286 g/mol. The van der Waals surface area contributed by atoms with E-state index in [9.17, 15) is 4.79 Å². The molecule has 5 heteroatoms. The third-order valence-corrected chi connectivity index (χ3v) is 3.37. The summed E-state index contributed by atoms with van der Waals surface area (Å²) < 4.78 is 1.85. The first-order valence-electron chi connectivity index (χ1n) is 7.31. The molecule has 5 nitrogen and oxygen atoms in total. The summed E-state index contributed by atoms with van der Waals surface area (Å²) in [5.41, 5.74) is 7.62. The molecule has 0 aliphatic heterocycles. The summed E-state index contributed by atoms with van der Waals surface area (Å²) in [4.78, 5) is 11.4. The summed E-state index contributed by atoms with van der Waals surface area (Å²) in [7, 11) is 0. The standard InChI is InChI=1S/C16H22N4O/c1-2-9-18-15(16(17)21)8-10-20-12-14(11-19-20)13-6-4-3-5-7-13/h3-7,11-12,15,18H,2,8-10H2,1H3,(H2,17,21). The highest BCUT2D eigenvalue weighted by Crippen LogP contribution is 2.17. The topological polar surface area (TPSA) is 72.9 Å². The highest BCUT2D eigenvalue weighted by Gasteiger charge is 2.14. The van der Waals surface area contributed by atoms with Crippen LogP contribution in [-0.2, 0) is 11.3 Å². The maximum absolute atomic E-state index is 11.4. The molecule has 0 radical (unpaired) electrons. The van der Waals surface area contributed by atoms with Gasteiger partial charge in [0.2, 0.25) is 5.91 Å². The number of primary amides is 1. The van der Waals surface area contributed by atoms with Gasteiger partial charge in [0, 0.05) is 18.3 Å². The average molecular weight is 286 g/mol. The third-order valence-electron chi connectivity index (χ3n) is 3.37. The minimum atomic E-state index is -0.307. The molecule has 2 rings (SSSR count). The third kappa shape index (κ3) is 4.43. The number of hydrogen-bond donors (Lipinski definition) is 2. The number of amides is 1. The molecule has 0 aliphatic rings. The molecule has 0 saturated carbocycles. The van der Waals surface area contributed by atoms with E-state index >= 15 is 0 Å². The van der Waals surface area contributed by atoms with Crippen molar-refractivity contribution in [3.63, 3.8) is 0 Å². The zero-order valence-electron chi connectivity index (χ0n) is 12.3. The number of nitrogens with two attached hydrogens (primary N) is 1. The molecule has 0 aliphatic carbocycles. The van der Waals surface area contributed by atoms with E-state index in [1.54, 1.807) is 0 Å². The highest BCUT2D eigenvalue weighted by molar-refractivity contribution is 5.79. The van der Waals surface area contributed by atoms with Crippen molar-refractivity contribution in [2.75, 3.05) is 6.54 Å². The molecular formula is C16H22N4O. The molecule has 0 spiro atoms. The second-order valence-corrected chi connectivity index (χ2v) is 5.06. The van der Waals surface area contributed by atoms with E-state index in [0.29, 0.717) is 13.0 Å². The van der Waals surface area contributed by atoms with Crippen LogP contribution in [0.3, 0.4) is 0 Å². The summed E-state index contributed by atoms with van der Waals surface area (Å²) in [6.45, 7) is 3.52. The van der Waals surface area contributed by atoms with Crippen molar-refractivity contribution in [1.29, 1.82) is 0 Å². The Morgan fingerprint density at radius 3 is 2.76 bits per heavy atom. The Kier molecular flexibility index (Phi) is 5.51. The number of nitrogens with zero attached hydrogens (tertiary/aromatic N) is 2. The van der Waals surface area contributed by atoms with E-state index in [0.717, 1.165) is 24.1 Å². The first kappa shape index (κ1) is 15.3. The number of rotatable bonds is 8. The molecule has 0 bridgehead atoms. The van der Waals surface area contributed by atoms with Crippen LogP contribution in [-0.4, -0.2) is 28.3 Å². The summed E-state index contributed by atoms with van der Waals surface area (Å²) in [5, 5.41) is 7.50. The molecule has 0 fully saturated rings. The van der Waals surface area contributed by atoms with Gasteiger partial charge in [-0.3, -0.25) is 9.48 Å². The van der Waals surface area contributed by atoms with E-state index in [2.05, 4.69) is 29.5 Å². The van der Waals surface area contributed by atoms with E-state index in [1.165, 1.54) is 0 Å². The van der Waals surface area contributed by atoms with Crippen LogP contribution in [0.1, 0.15) is 19.8 Å². The molecule has 2 aromatic rings. The lowest BCUT2D eigenvalue weighted by Crippen LogP contribution is -2.42. The van der Waals surface area contributed by atoms with Crippen LogP contribution < -0.4 is 11.1 Å². The van der Waals surface area contributed by atoms with Crippen LogP contribution in [0.25, 0.3) is 11.1 Å². The molecule has 1 amide bonds. The Balaban J connectivity index is 1.94. The molecule has 1 atom stereocenters. The van der Waals surface area contributed by atoms with Gasteiger partial charge in [-0.25, -0.2) is 0 Å². The maximum Gasteiger partial charge on any atom is 0.234 e. The number of carbonyl (C=O) groups excluding carboxylic acids is 1. The van der Waals surface area contributed by atoms with Gasteiger partial charge in [-0.05, 0) is 24.9 Å². The van der Waals surface area contributed by atoms with Gasteiger partial charge in [-0.1, -0.05) is 37.3 Å². The fourth-order valence-electron chi connectivity index (χ4n) is 2.19. The molecule has 0 saturated heterocycles. The van der Waals surface area contributed by atoms with Gasteiger partial charge >= 0.3 is 0 Å². The van der Waals surface area contributed by atoms with Gasteiger partial charge in [-0.2, -0.15) is 5.10 Å². The minimum absolute atomic E-state index is 0.297. The Morgan fingerprint density at radius 1 is 1.33 bits per heavy atom. The Bertz CT molecular complexity index is 565. The number of benzene rings is 1. The van der Waals surface area contributed by atoms with Crippen molar-refractivity contribution in [3.05, 3.63) is 42.7 Å². The van der Waals surface area contributed by atoms with Crippen LogP contribution in [0.15, 0.2) is 42.7 Å². The summed E-state index contributed by atoms with van der Waals surface area (Å²) in [6, 6.07) is 9.81. The minimum Gasteiger partial charge on any atom is -0.368 e. The lowest BCUT2D eigenvalue weighted by molar-refractivity contribution is -0.120. The molecule has 1 aromatic heterocycles. The average Bonchev–Trinajstić information content (AvgIpc) is 2.97. The second-order valence-electron chi connectivity index (χ2n) is 5.06. The van der Waals surface area contributed by atoms with Crippen LogP contribution in [0.2, 0.25) is 0 Å². The SMILES string of the molecule is CCCNC(CCn1cc(-c2ccccc2)cn1)C(N)=O. The van der Waals surface area contributed by atoms with E-state index in [-0.39, 0.29) is 11.9 Å². The number of hydrogen-bond acceptors (Lipinski definition) is 3. The zero-order valence-corrected chi connectivity index (χ0v) is 12.3. The summed E-state index contributed by atoms with van der Waals surface area (Å²) >= 11 is 0. The Morgan fingerprint density at radius 2 is 2.10 bits per heavy atom. The largest absolute Gasteiger partial charge is 0.368 e. The lowest BCUT2D eigenvalue weighted by Gasteiger charge is -2.14. The van der Waals surface area contributed by atoms with Crippen molar-refractivity contribution in [3.8, 4) is 11.1 Å². The second kappa shape index (κ2) is 7.59. The van der Waals surface area contributed by atoms with Crippen LogP contribution in [0.5, 0.6) is 0 Å². The van der Waals surface area contributed by atoms with Gasteiger partial charge < -0.3 is 11.1 Å². The van der Waals surface area contributed by atoms with Crippen LogP contribution in [0, 0.1) is 0 Å². The van der Waals surface area contributed by atoms with Crippen molar-refractivity contribution in [2.45, 2.75) is 32.4 Å². The predicted octanol–water partition coefficient (Wildman–Crippen LogP) is 1.79. The van der Waals surface area contributed by atoms with Gasteiger partial charge in [-0.15, -0.1) is 0 Å². The van der Waals surface area contributed by atoms with Crippen molar-refractivity contribution >= 4 is 5.91 Å². The Hall–Kier alpha value is -2.14. The van der Waals surface area contributed by atoms with Crippen LogP contribution >= 0.6 is 0 Å². The molecule has 1 heterocycles. The van der Waals surface area contributed by atoms with Crippen molar-refractivity contribution in [2.24, 2.45) is 5.73 Å². The van der Waals surface area contributed by atoms with Crippen molar-refractivity contribution in [1.82, 2.24) is 15.1 Å². The Labute approximate surface area is 125 Å². The fraction of sp³-hybridized carbons (Fsp3) is 0.375. The molecule has 112 valence electrons. The molecular weight excluding hydrogens is 264 g/mol. The predicted molar refractivity (Wildman–Crippen MR) is 83.6 cm³/mol. The van der Waals surface area contributed by atoms with Gasteiger partial charge in [0.1, 0.15) is 0 Å². The van der Waals surface area contributed by atoms with Gasteiger partial charge in [0.15, 0.2) is 0 Å². The smallest absolute Gasteiger partial charge is 0.234 e. The number of aryl methyl sites for hydroxylation is 1. The van der Waals surface area contributed by atoms with E-state index < -0.39 is 0 Å². The van der Waals surface area contributed by atoms with E-state index in [1.807, 2.05) is 35.3 Å². The summed E-state index contributed by atoms with van der Waals surface area (Å²) in [6.07, 6.45) is 5.45.